The summed E-state index contributed by atoms with van der Waals surface area (Å²) in [6.07, 6.45) is 0.913. The Bertz CT molecular complexity index is 1110. The van der Waals surface area contributed by atoms with Gasteiger partial charge in [-0.15, -0.1) is 0 Å². The molecule has 0 radical (unpaired) electrons. The Hall–Kier alpha value is -3.21. The quantitative estimate of drug-likeness (QED) is 0.752. The van der Waals surface area contributed by atoms with Crippen molar-refractivity contribution in [3.63, 3.8) is 0 Å². The third-order valence-electron chi connectivity index (χ3n) is 5.46. The Labute approximate surface area is 171 Å². The molecule has 1 aromatic heterocycles. The van der Waals surface area contributed by atoms with Crippen molar-refractivity contribution in [1.82, 2.24) is 10.3 Å². The van der Waals surface area contributed by atoms with E-state index >= 15 is 0 Å². The molecule has 5 nitrogen and oxygen atoms in total. The number of hydrogen-bond donors (Lipinski definition) is 1. The number of carbonyl (C=O) groups excluding carboxylic acids is 1. The average molecular weight is 412 g/mol. The number of nitrogens with zero attached hydrogens (tertiary/aromatic N) is 3. The number of aliphatic imine (C=N–C) groups is 1. The molecule has 2 aliphatic carbocycles. The number of nitriles is 1. The van der Waals surface area contributed by atoms with E-state index in [4.69, 9.17) is 5.26 Å². The van der Waals surface area contributed by atoms with Gasteiger partial charge in [0.05, 0.1) is 17.3 Å². The van der Waals surface area contributed by atoms with Gasteiger partial charge in [-0.3, -0.25) is 9.79 Å². The number of hydrogen-bond acceptors (Lipinski definition) is 4. The van der Waals surface area contributed by atoms with E-state index in [9.17, 15) is 18.0 Å². The lowest BCUT2D eigenvalue weighted by atomic mass is 9.93. The maximum absolute atomic E-state index is 13.3. The minimum Gasteiger partial charge on any atom is -0.331 e. The number of fused-ring (bicyclic) bond motifs is 1. The van der Waals surface area contributed by atoms with Gasteiger partial charge in [-0.25, -0.2) is 4.98 Å². The van der Waals surface area contributed by atoms with Crippen LogP contribution in [0.25, 0.3) is 10.9 Å². The van der Waals surface area contributed by atoms with Gasteiger partial charge in [-0.05, 0) is 49.8 Å². The first-order valence-corrected chi connectivity index (χ1v) is 9.74. The molecular formula is C22H19F3N4O. The van der Waals surface area contributed by atoms with Crippen molar-refractivity contribution in [2.75, 3.05) is 0 Å². The number of aromatic nitrogens is 1. The first-order chi connectivity index (χ1) is 14.3. The van der Waals surface area contributed by atoms with Gasteiger partial charge in [0, 0.05) is 23.7 Å². The zero-order valence-electron chi connectivity index (χ0n) is 16.1. The smallest absolute Gasteiger partial charge is 0.331 e. The van der Waals surface area contributed by atoms with Crippen LogP contribution < -0.4 is 5.32 Å². The lowest BCUT2D eigenvalue weighted by molar-refractivity contribution is -0.140. The van der Waals surface area contributed by atoms with Crippen LogP contribution in [0.2, 0.25) is 0 Å². The first kappa shape index (κ1) is 20.1. The molecule has 0 spiro atoms. The summed E-state index contributed by atoms with van der Waals surface area (Å²) in [6.45, 7) is 0. The van der Waals surface area contributed by atoms with Gasteiger partial charge in [0.25, 0.3) is 0 Å². The van der Waals surface area contributed by atoms with E-state index in [1.807, 2.05) is 0 Å². The summed E-state index contributed by atoms with van der Waals surface area (Å²) in [7, 11) is 0. The maximum atomic E-state index is 13.3. The second kappa shape index (κ2) is 7.56. The van der Waals surface area contributed by atoms with Crippen molar-refractivity contribution in [2.24, 2.45) is 10.4 Å². The lowest BCUT2D eigenvalue weighted by Crippen LogP contribution is -2.27. The number of halogens is 3. The number of nitrogens with one attached hydrogen (secondary N) is 1. The van der Waals surface area contributed by atoms with E-state index < -0.39 is 17.3 Å². The molecule has 2 aliphatic rings. The minimum absolute atomic E-state index is 0.245. The number of alkyl halides is 3. The predicted octanol–water partition coefficient (Wildman–Crippen LogP) is 5.20. The van der Waals surface area contributed by atoms with E-state index in [0.717, 1.165) is 30.2 Å². The molecule has 2 saturated carbocycles. The van der Waals surface area contributed by atoms with E-state index in [-0.39, 0.29) is 17.1 Å². The van der Waals surface area contributed by atoms with Gasteiger partial charge < -0.3 is 5.32 Å². The van der Waals surface area contributed by atoms with Crippen LogP contribution >= 0.6 is 0 Å². The standard InChI is InChI=1S/C22H19F3N4O/c23-22(24,25)19-11-18(16-6-1-2-7-17(16)29-19)28-15-5-3-4-14(10-15)12-27-20(30)21(13-26)8-9-21/h1-2,6-7,11-12H,3-5,8-10H2,(H,27,30)/b14-12+,28-15+. The molecule has 0 bridgehead atoms. The summed E-state index contributed by atoms with van der Waals surface area (Å²) in [4.78, 5) is 20.4. The van der Waals surface area contributed by atoms with Gasteiger partial charge in [0.2, 0.25) is 5.91 Å². The largest absolute Gasteiger partial charge is 0.433 e. The van der Waals surface area contributed by atoms with Gasteiger partial charge in [-0.1, -0.05) is 18.2 Å². The van der Waals surface area contributed by atoms with Crippen LogP contribution in [0.1, 0.15) is 44.2 Å². The molecule has 1 amide bonds. The Kier molecular flexibility index (Phi) is 5.06. The fourth-order valence-corrected chi connectivity index (χ4v) is 3.56. The second-order valence-electron chi connectivity index (χ2n) is 7.72. The molecule has 0 unspecified atom stereocenters. The zero-order valence-corrected chi connectivity index (χ0v) is 16.1. The van der Waals surface area contributed by atoms with E-state index in [2.05, 4.69) is 21.4 Å². The van der Waals surface area contributed by atoms with Crippen molar-refractivity contribution in [1.29, 1.82) is 5.26 Å². The lowest BCUT2D eigenvalue weighted by Gasteiger charge is -2.18. The summed E-state index contributed by atoms with van der Waals surface area (Å²) in [5.41, 5.74) is 0.327. The van der Waals surface area contributed by atoms with Crippen LogP contribution in [0.3, 0.4) is 0 Å². The van der Waals surface area contributed by atoms with Crippen LogP contribution in [0.5, 0.6) is 0 Å². The predicted molar refractivity (Wildman–Crippen MR) is 106 cm³/mol. The topological polar surface area (TPSA) is 78.1 Å². The summed E-state index contributed by atoms with van der Waals surface area (Å²) in [6, 6.07) is 9.67. The molecule has 0 saturated heterocycles. The third-order valence-corrected chi connectivity index (χ3v) is 5.46. The van der Waals surface area contributed by atoms with E-state index in [0.29, 0.717) is 31.1 Å². The molecule has 1 aromatic carbocycles. The van der Waals surface area contributed by atoms with Gasteiger partial charge >= 0.3 is 6.18 Å². The molecule has 154 valence electrons. The van der Waals surface area contributed by atoms with Crippen molar-refractivity contribution >= 4 is 28.2 Å². The number of carbonyl (C=O) groups is 1. The molecule has 2 fully saturated rings. The fraction of sp³-hybridized carbons (Fsp3) is 0.364. The highest BCUT2D eigenvalue weighted by atomic mass is 19.4. The average Bonchev–Trinajstić information content (AvgIpc) is 3.53. The molecule has 1 N–H and O–H groups in total. The summed E-state index contributed by atoms with van der Waals surface area (Å²) >= 11 is 0. The van der Waals surface area contributed by atoms with E-state index in [1.165, 1.54) is 0 Å². The highest BCUT2D eigenvalue weighted by molar-refractivity contribution is 5.96. The normalized spacial score (nSPS) is 20.9. The number of allylic oxidation sites excluding steroid dienone is 1. The molecule has 8 heteroatoms. The zero-order chi connectivity index (χ0) is 21.4. The van der Waals surface area contributed by atoms with Crippen LogP contribution in [0.15, 0.2) is 47.1 Å². The number of para-hydroxylation sites is 1. The highest BCUT2D eigenvalue weighted by Crippen LogP contribution is 2.45. The van der Waals surface area contributed by atoms with Crippen LogP contribution in [-0.4, -0.2) is 16.6 Å². The van der Waals surface area contributed by atoms with Gasteiger partial charge in [0.15, 0.2) is 0 Å². The van der Waals surface area contributed by atoms with Gasteiger partial charge in [0.1, 0.15) is 11.1 Å². The molecule has 1 heterocycles. The van der Waals surface area contributed by atoms with Crippen molar-refractivity contribution in [3.05, 3.63) is 47.8 Å². The fourth-order valence-electron chi connectivity index (χ4n) is 3.56. The molecular weight excluding hydrogens is 393 g/mol. The highest BCUT2D eigenvalue weighted by Gasteiger charge is 2.50. The van der Waals surface area contributed by atoms with Gasteiger partial charge in [-0.2, -0.15) is 18.4 Å². The summed E-state index contributed by atoms with van der Waals surface area (Å²) in [5.74, 6) is -0.295. The SMILES string of the molecule is N#CC1(C(=O)N/C=C2\CCC/C(=N\c3cc(C(F)(F)F)nc4ccccc34)C2)CC1. The Balaban J connectivity index is 1.60. The third kappa shape index (κ3) is 4.06. The molecule has 4 rings (SSSR count). The van der Waals surface area contributed by atoms with E-state index in [1.54, 1.807) is 30.5 Å². The van der Waals surface area contributed by atoms with Crippen LogP contribution in [-0.2, 0) is 11.0 Å². The molecule has 2 aromatic rings. The van der Waals surface area contributed by atoms with Crippen LogP contribution in [0, 0.1) is 16.7 Å². The Morgan fingerprint density at radius 2 is 2.03 bits per heavy atom. The molecule has 0 atom stereocenters. The number of benzene rings is 1. The Morgan fingerprint density at radius 3 is 2.73 bits per heavy atom. The summed E-state index contributed by atoms with van der Waals surface area (Å²) in [5, 5.41) is 12.4. The number of amides is 1. The minimum atomic E-state index is -4.56. The second-order valence-corrected chi connectivity index (χ2v) is 7.72. The number of pyridine rings is 1. The molecule has 0 aliphatic heterocycles. The van der Waals surface area contributed by atoms with Crippen LogP contribution in [0.4, 0.5) is 18.9 Å². The van der Waals surface area contributed by atoms with Crippen molar-refractivity contribution in [3.8, 4) is 6.07 Å². The van der Waals surface area contributed by atoms with Crippen molar-refractivity contribution in [2.45, 2.75) is 44.7 Å². The first-order valence-electron chi connectivity index (χ1n) is 9.74. The van der Waals surface area contributed by atoms with Crippen molar-refractivity contribution < 1.29 is 18.0 Å². The monoisotopic (exact) mass is 412 g/mol. The number of rotatable bonds is 3. The molecule has 30 heavy (non-hydrogen) atoms. The maximum Gasteiger partial charge on any atom is 0.433 e. The Morgan fingerprint density at radius 1 is 1.27 bits per heavy atom. The summed E-state index contributed by atoms with van der Waals surface area (Å²) < 4.78 is 39.8.